The van der Waals surface area contributed by atoms with Gasteiger partial charge in [-0.25, -0.2) is 0 Å². The highest BCUT2D eigenvalue weighted by molar-refractivity contribution is 6.33. The van der Waals surface area contributed by atoms with Crippen molar-refractivity contribution in [1.29, 1.82) is 0 Å². The maximum Gasteiger partial charge on any atom is 0.253 e. The number of alkyl halides is 2. The number of hydrogen-bond donors (Lipinski definition) is 1. The van der Waals surface area contributed by atoms with Crippen LogP contribution in [-0.2, 0) is 0 Å². The SMILES string of the molecule is CC(CCl)(CCl)NC(=O)c1ccccc1Cl. The number of halogens is 3. The van der Waals surface area contributed by atoms with Gasteiger partial charge in [-0.1, -0.05) is 23.7 Å². The Kier molecular flexibility index (Phi) is 4.90. The molecule has 0 fully saturated rings. The van der Waals surface area contributed by atoms with Crippen molar-refractivity contribution in [3.05, 3.63) is 34.9 Å². The average Bonchev–Trinajstić information content (AvgIpc) is 2.29. The van der Waals surface area contributed by atoms with Gasteiger partial charge in [-0.2, -0.15) is 0 Å². The topological polar surface area (TPSA) is 29.1 Å². The molecule has 0 aliphatic heterocycles. The minimum atomic E-state index is -0.626. The third-order valence-electron chi connectivity index (χ3n) is 2.12. The van der Waals surface area contributed by atoms with E-state index in [-0.39, 0.29) is 17.7 Å². The summed E-state index contributed by atoms with van der Waals surface area (Å²) in [4.78, 5) is 11.9. The first-order valence-corrected chi connectivity index (χ1v) is 6.16. The lowest BCUT2D eigenvalue weighted by Gasteiger charge is -2.26. The van der Waals surface area contributed by atoms with Crippen LogP contribution in [0.2, 0.25) is 5.02 Å². The molecular weight excluding hydrogens is 268 g/mol. The Bertz CT molecular complexity index is 377. The van der Waals surface area contributed by atoms with E-state index in [1.54, 1.807) is 31.2 Å². The fourth-order valence-corrected chi connectivity index (χ4v) is 1.73. The smallest absolute Gasteiger partial charge is 0.253 e. The highest BCUT2D eigenvalue weighted by Crippen LogP contribution is 2.17. The monoisotopic (exact) mass is 279 g/mol. The summed E-state index contributed by atoms with van der Waals surface area (Å²) in [5.74, 6) is 0.216. The molecule has 0 aromatic heterocycles. The summed E-state index contributed by atoms with van der Waals surface area (Å²) in [6.07, 6.45) is 0. The molecule has 1 amide bonds. The second-order valence-electron chi connectivity index (χ2n) is 3.76. The van der Waals surface area contributed by atoms with Gasteiger partial charge in [0.05, 0.1) is 16.1 Å². The molecule has 0 aliphatic carbocycles. The van der Waals surface area contributed by atoms with Crippen molar-refractivity contribution >= 4 is 40.7 Å². The fourth-order valence-electron chi connectivity index (χ4n) is 1.09. The van der Waals surface area contributed by atoms with E-state index in [0.717, 1.165) is 0 Å². The van der Waals surface area contributed by atoms with Gasteiger partial charge in [0, 0.05) is 11.8 Å². The van der Waals surface area contributed by atoms with Gasteiger partial charge in [-0.15, -0.1) is 23.2 Å². The second-order valence-corrected chi connectivity index (χ2v) is 4.70. The zero-order valence-corrected chi connectivity index (χ0v) is 11.0. The first kappa shape index (κ1) is 13.6. The van der Waals surface area contributed by atoms with Gasteiger partial charge in [-0.05, 0) is 19.1 Å². The van der Waals surface area contributed by atoms with Gasteiger partial charge in [-0.3, -0.25) is 4.79 Å². The lowest BCUT2D eigenvalue weighted by Crippen LogP contribution is -2.49. The molecule has 1 N–H and O–H groups in total. The Morgan fingerprint density at radius 1 is 1.31 bits per heavy atom. The summed E-state index contributed by atoms with van der Waals surface area (Å²) < 4.78 is 0. The van der Waals surface area contributed by atoms with E-state index >= 15 is 0 Å². The van der Waals surface area contributed by atoms with Crippen LogP contribution < -0.4 is 5.32 Å². The van der Waals surface area contributed by atoms with Crippen LogP contribution in [0.15, 0.2) is 24.3 Å². The first-order chi connectivity index (χ1) is 7.52. The van der Waals surface area contributed by atoms with Gasteiger partial charge >= 0.3 is 0 Å². The molecule has 0 atom stereocenters. The molecule has 0 spiro atoms. The van der Waals surface area contributed by atoms with Crippen molar-refractivity contribution < 1.29 is 4.79 Å². The van der Waals surface area contributed by atoms with Crippen molar-refractivity contribution in [1.82, 2.24) is 5.32 Å². The molecule has 0 radical (unpaired) electrons. The minimum absolute atomic E-state index is 0.243. The van der Waals surface area contributed by atoms with E-state index in [0.29, 0.717) is 10.6 Å². The van der Waals surface area contributed by atoms with Crippen molar-refractivity contribution in [3.63, 3.8) is 0 Å². The van der Waals surface area contributed by atoms with Gasteiger partial charge in [0.2, 0.25) is 0 Å². The Morgan fingerprint density at radius 3 is 2.38 bits per heavy atom. The fraction of sp³-hybridized carbons (Fsp3) is 0.364. The maximum atomic E-state index is 11.9. The predicted molar refractivity (Wildman–Crippen MR) is 68.8 cm³/mol. The molecule has 1 rings (SSSR count). The van der Waals surface area contributed by atoms with Crippen LogP contribution >= 0.6 is 34.8 Å². The normalized spacial score (nSPS) is 11.2. The van der Waals surface area contributed by atoms with Crippen molar-refractivity contribution in [3.8, 4) is 0 Å². The Labute approximate surface area is 110 Å². The number of benzene rings is 1. The molecule has 88 valence electrons. The second kappa shape index (κ2) is 5.76. The molecular formula is C11H12Cl3NO. The van der Waals surface area contributed by atoms with E-state index in [2.05, 4.69) is 5.32 Å². The van der Waals surface area contributed by atoms with Gasteiger partial charge in [0.25, 0.3) is 5.91 Å². The zero-order valence-electron chi connectivity index (χ0n) is 8.77. The molecule has 0 aliphatic rings. The summed E-state index contributed by atoms with van der Waals surface area (Å²) in [6.45, 7) is 1.78. The number of nitrogens with one attached hydrogen (secondary N) is 1. The Balaban J connectivity index is 2.84. The highest BCUT2D eigenvalue weighted by Gasteiger charge is 2.25. The number of amides is 1. The summed E-state index contributed by atoms with van der Waals surface area (Å²) in [7, 11) is 0. The number of hydrogen-bond acceptors (Lipinski definition) is 1. The molecule has 0 saturated carbocycles. The molecule has 2 nitrogen and oxygen atoms in total. The molecule has 1 aromatic rings. The summed E-state index contributed by atoms with van der Waals surface area (Å²) in [5, 5.41) is 3.17. The third-order valence-corrected chi connectivity index (χ3v) is 3.63. The van der Waals surface area contributed by atoms with Gasteiger partial charge in [0.15, 0.2) is 0 Å². The van der Waals surface area contributed by atoms with Crippen LogP contribution in [0.5, 0.6) is 0 Å². The minimum Gasteiger partial charge on any atom is -0.344 e. The van der Waals surface area contributed by atoms with Crippen LogP contribution in [0.3, 0.4) is 0 Å². The lowest BCUT2D eigenvalue weighted by atomic mass is 10.1. The standard InChI is InChI=1S/C11H12Cl3NO/c1-11(6-12,7-13)15-10(16)8-4-2-3-5-9(8)14/h2-5H,6-7H2,1H3,(H,15,16). The van der Waals surface area contributed by atoms with E-state index < -0.39 is 5.54 Å². The van der Waals surface area contributed by atoms with Crippen molar-refractivity contribution in [2.75, 3.05) is 11.8 Å². The molecule has 0 heterocycles. The van der Waals surface area contributed by atoms with Crippen molar-refractivity contribution in [2.24, 2.45) is 0 Å². The molecule has 16 heavy (non-hydrogen) atoms. The van der Waals surface area contributed by atoms with E-state index in [9.17, 15) is 4.79 Å². The summed E-state index contributed by atoms with van der Waals surface area (Å²) in [6, 6.07) is 6.83. The van der Waals surface area contributed by atoms with E-state index in [1.807, 2.05) is 0 Å². The zero-order chi connectivity index (χ0) is 12.2. The Morgan fingerprint density at radius 2 is 1.88 bits per heavy atom. The van der Waals surface area contributed by atoms with Crippen LogP contribution in [0.25, 0.3) is 0 Å². The van der Waals surface area contributed by atoms with E-state index in [1.165, 1.54) is 0 Å². The molecule has 0 bridgehead atoms. The molecule has 5 heteroatoms. The predicted octanol–water partition coefficient (Wildman–Crippen LogP) is 3.31. The average molecular weight is 281 g/mol. The molecule has 1 aromatic carbocycles. The van der Waals surface area contributed by atoms with Crippen molar-refractivity contribution in [2.45, 2.75) is 12.5 Å². The number of carbonyl (C=O) groups excluding carboxylic acids is 1. The van der Waals surface area contributed by atoms with Gasteiger partial charge in [0.1, 0.15) is 0 Å². The largest absolute Gasteiger partial charge is 0.344 e. The molecule has 0 saturated heterocycles. The maximum absolute atomic E-state index is 11.9. The van der Waals surface area contributed by atoms with E-state index in [4.69, 9.17) is 34.8 Å². The third kappa shape index (κ3) is 3.27. The number of rotatable bonds is 4. The van der Waals surface area contributed by atoms with Gasteiger partial charge < -0.3 is 5.32 Å². The first-order valence-electron chi connectivity index (χ1n) is 4.71. The molecule has 0 unspecified atom stereocenters. The Hall–Kier alpha value is -0.440. The van der Waals surface area contributed by atoms with Crippen LogP contribution in [0, 0.1) is 0 Å². The number of carbonyl (C=O) groups is 1. The highest BCUT2D eigenvalue weighted by atomic mass is 35.5. The summed E-state index contributed by atoms with van der Waals surface area (Å²) >= 11 is 17.4. The lowest BCUT2D eigenvalue weighted by molar-refractivity contribution is 0.0921. The van der Waals surface area contributed by atoms with Crippen LogP contribution in [-0.4, -0.2) is 23.2 Å². The summed E-state index contributed by atoms with van der Waals surface area (Å²) in [5.41, 5.74) is -0.204. The van der Waals surface area contributed by atoms with Crippen LogP contribution in [0.1, 0.15) is 17.3 Å². The van der Waals surface area contributed by atoms with Crippen LogP contribution in [0.4, 0.5) is 0 Å². The quantitative estimate of drug-likeness (QED) is 0.842.